The first-order valence-electron chi connectivity index (χ1n) is 5.39. The largest absolute Gasteiger partial charge is 0.375 e. The highest BCUT2D eigenvalue weighted by Crippen LogP contribution is 2.16. The van der Waals surface area contributed by atoms with E-state index in [0.29, 0.717) is 6.54 Å². The van der Waals surface area contributed by atoms with E-state index in [1.54, 1.807) is 6.20 Å². The van der Waals surface area contributed by atoms with E-state index in [0.717, 1.165) is 30.6 Å². The van der Waals surface area contributed by atoms with Crippen LogP contribution in [0.25, 0.3) is 0 Å². The van der Waals surface area contributed by atoms with Crippen molar-refractivity contribution in [3.63, 3.8) is 0 Å². The topological polar surface area (TPSA) is 29.9 Å². The van der Waals surface area contributed by atoms with Gasteiger partial charge >= 0.3 is 0 Å². The summed E-state index contributed by atoms with van der Waals surface area (Å²) in [5.41, 5.74) is 0.149. The summed E-state index contributed by atoms with van der Waals surface area (Å²) in [5.74, 6) is -0.148. The molecule has 17 heavy (non-hydrogen) atoms. The summed E-state index contributed by atoms with van der Waals surface area (Å²) >= 11 is 0. The van der Waals surface area contributed by atoms with Crippen LogP contribution in [0.15, 0.2) is 30.6 Å². The molecule has 0 spiro atoms. The zero-order valence-corrected chi connectivity index (χ0v) is 9.45. The molecule has 0 unspecified atom stereocenters. The van der Waals surface area contributed by atoms with Crippen LogP contribution in [0.4, 0.5) is 14.5 Å². The van der Waals surface area contributed by atoms with Crippen LogP contribution in [0.5, 0.6) is 0 Å². The number of aryl methyl sites for hydroxylation is 1. The number of anilines is 1. The molecule has 0 fully saturated rings. The molecule has 1 aromatic carbocycles. The van der Waals surface area contributed by atoms with Gasteiger partial charge in [-0.1, -0.05) is 0 Å². The fourth-order valence-corrected chi connectivity index (χ4v) is 1.60. The molecule has 0 amide bonds. The van der Waals surface area contributed by atoms with Crippen molar-refractivity contribution in [3.8, 4) is 0 Å². The van der Waals surface area contributed by atoms with Gasteiger partial charge in [0, 0.05) is 18.9 Å². The number of aromatic nitrogens is 2. The summed E-state index contributed by atoms with van der Waals surface area (Å²) < 4.78 is 28.2. The van der Waals surface area contributed by atoms with Gasteiger partial charge in [0.25, 0.3) is 0 Å². The second-order valence-corrected chi connectivity index (χ2v) is 3.61. The molecule has 1 aromatic heterocycles. The number of nitrogens with one attached hydrogen (secondary N) is 1. The highest BCUT2D eigenvalue weighted by Gasteiger charge is 2.05. The van der Waals surface area contributed by atoms with Crippen molar-refractivity contribution in [1.29, 1.82) is 0 Å². The van der Waals surface area contributed by atoms with Crippen molar-refractivity contribution in [2.75, 3.05) is 5.32 Å². The third kappa shape index (κ3) is 2.61. The number of hydrogen-bond acceptors (Lipinski definition) is 2. The van der Waals surface area contributed by atoms with Crippen molar-refractivity contribution < 1.29 is 8.78 Å². The van der Waals surface area contributed by atoms with Gasteiger partial charge in [-0.2, -0.15) is 0 Å². The monoisotopic (exact) mass is 237 g/mol. The second-order valence-electron chi connectivity index (χ2n) is 3.61. The number of imidazole rings is 1. The Hall–Kier alpha value is -1.91. The van der Waals surface area contributed by atoms with Crippen molar-refractivity contribution in [3.05, 3.63) is 48.1 Å². The van der Waals surface area contributed by atoms with Crippen LogP contribution < -0.4 is 5.32 Å². The molecule has 2 rings (SSSR count). The van der Waals surface area contributed by atoms with E-state index >= 15 is 0 Å². The van der Waals surface area contributed by atoms with Crippen LogP contribution in [0.3, 0.4) is 0 Å². The standard InChI is InChI=1S/C12H13F2N3/c1-2-17-6-5-15-12(17)8-16-11-7-9(13)3-4-10(11)14/h3-7,16H,2,8H2,1H3. The van der Waals surface area contributed by atoms with Crippen LogP contribution in [0.2, 0.25) is 0 Å². The smallest absolute Gasteiger partial charge is 0.146 e. The lowest BCUT2D eigenvalue weighted by molar-refractivity contribution is 0.601. The van der Waals surface area contributed by atoms with Crippen molar-refractivity contribution in [2.24, 2.45) is 0 Å². The van der Waals surface area contributed by atoms with Gasteiger partial charge in [0.2, 0.25) is 0 Å². The molecule has 3 nitrogen and oxygen atoms in total. The Morgan fingerprint density at radius 2 is 2.18 bits per heavy atom. The number of halogens is 2. The normalized spacial score (nSPS) is 10.5. The van der Waals surface area contributed by atoms with Crippen LogP contribution in [0, 0.1) is 11.6 Å². The van der Waals surface area contributed by atoms with Crippen LogP contribution in [0.1, 0.15) is 12.7 Å². The molecule has 0 aliphatic rings. The van der Waals surface area contributed by atoms with Gasteiger partial charge in [-0.25, -0.2) is 13.8 Å². The zero-order chi connectivity index (χ0) is 12.3. The molecule has 0 atom stereocenters. The minimum atomic E-state index is -0.471. The highest BCUT2D eigenvalue weighted by atomic mass is 19.1. The summed E-state index contributed by atoms with van der Waals surface area (Å²) in [6, 6.07) is 3.33. The Morgan fingerprint density at radius 1 is 1.35 bits per heavy atom. The van der Waals surface area contributed by atoms with E-state index in [9.17, 15) is 8.78 Å². The molecular formula is C12H13F2N3. The molecule has 2 aromatic rings. The molecule has 0 aliphatic heterocycles. The number of nitrogens with zero attached hydrogens (tertiary/aromatic N) is 2. The zero-order valence-electron chi connectivity index (χ0n) is 9.45. The molecule has 0 aliphatic carbocycles. The molecule has 5 heteroatoms. The van der Waals surface area contributed by atoms with Crippen LogP contribution >= 0.6 is 0 Å². The number of hydrogen-bond donors (Lipinski definition) is 1. The van der Waals surface area contributed by atoms with Crippen LogP contribution in [-0.2, 0) is 13.1 Å². The van der Waals surface area contributed by atoms with E-state index < -0.39 is 11.6 Å². The van der Waals surface area contributed by atoms with Crippen molar-refractivity contribution in [1.82, 2.24) is 9.55 Å². The first-order chi connectivity index (χ1) is 8.20. The van der Waals surface area contributed by atoms with Gasteiger partial charge in [-0.3, -0.25) is 0 Å². The minimum Gasteiger partial charge on any atom is -0.375 e. The maximum absolute atomic E-state index is 13.3. The summed E-state index contributed by atoms with van der Waals surface area (Å²) in [5, 5.41) is 2.83. The SMILES string of the molecule is CCn1ccnc1CNc1cc(F)ccc1F. The molecule has 0 radical (unpaired) electrons. The fourth-order valence-electron chi connectivity index (χ4n) is 1.60. The fraction of sp³-hybridized carbons (Fsp3) is 0.250. The molecule has 0 bridgehead atoms. The number of benzene rings is 1. The van der Waals surface area contributed by atoms with E-state index in [-0.39, 0.29) is 5.69 Å². The van der Waals surface area contributed by atoms with E-state index in [4.69, 9.17) is 0 Å². The minimum absolute atomic E-state index is 0.149. The third-order valence-corrected chi connectivity index (χ3v) is 2.51. The van der Waals surface area contributed by atoms with E-state index in [1.165, 1.54) is 0 Å². The van der Waals surface area contributed by atoms with Gasteiger partial charge < -0.3 is 9.88 Å². The van der Waals surface area contributed by atoms with Gasteiger partial charge in [-0.05, 0) is 25.1 Å². The van der Waals surface area contributed by atoms with E-state index in [1.807, 2.05) is 17.7 Å². The summed E-state index contributed by atoms with van der Waals surface area (Å²) in [6.07, 6.45) is 3.53. The summed E-state index contributed by atoms with van der Waals surface area (Å²) in [6.45, 7) is 3.15. The van der Waals surface area contributed by atoms with Gasteiger partial charge in [0.05, 0.1) is 12.2 Å². The van der Waals surface area contributed by atoms with E-state index in [2.05, 4.69) is 10.3 Å². The van der Waals surface area contributed by atoms with Gasteiger partial charge in [0.15, 0.2) is 0 Å². The maximum Gasteiger partial charge on any atom is 0.146 e. The highest BCUT2D eigenvalue weighted by molar-refractivity contribution is 5.44. The number of rotatable bonds is 4. The quantitative estimate of drug-likeness (QED) is 0.886. The first-order valence-corrected chi connectivity index (χ1v) is 5.39. The molecule has 1 N–H and O–H groups in total. The summed E-state index contributed by atoms with van der Waals surface area (Å²) in [7, 11) is 0. The predicted molar refractivity (Wildman–Crippen MR) is 61.6 cm³/mol. The Morgan fingerprint density at radius 3 is 2.94 bits per heavy atom. The van der Waals surface area contributed by atoms with Gasteiger partial charge in [-0.15, -0.1) is 0 Å². The molecule has 0 saturated heterocycles. The molecule has 90 valence electrons. The Bertz CT molecular complexity index is 508. The Kier molecular flexibility index (Phi) is 3.37. The summed E-state index contributed by atoms with van der Waals surface area (Å²) in [4.78, 5) is 4.14. The average molecular weight is 237 g/mol. The molecular weight excluding hydrogens is 224 g/mol. The molecule has 1 heterocycles. The second kappa shape index (κ2) is 4.95. The predicted octanol–water partition coefficient (Wildman–Crippen LogP) is 2.79. The lowest BCUT2D eigenvalue weighted by Gasteiger charge is -2.08. The lowest BCUT2D eigenvalue weighted by Crippen LogP contribution is -2.08. The Balaban J connectivity index is 2.09. The lowest BCUT2D eigenvalue weighted by atomic mass is 10.3. The van der Waals surface area contributed by atoms with Crippen molar-refractivity contribution >= 4 is 5.69 Å². The first kappa shape index (κ1) is 11.6. The van der Waals surface area contributed by atoms with Crippen LogP contribution in [-0.4, -0.2) is 9.55 Å². The maximum atomic E-state index is 13.3. The average Bonchev–Trinajstić information content (AvgIpc) is 2.77. The molecule has 0 saturated carbocycles. The van der Waals surface area contributed by atoms with Gasteiger partial charge in [0.1, 0.15) is 17.5 Å². The third-order valence-electron chi connectivity index (χ3n) is 2.51. The Labute approximate surface area is 98.1 Å². The van der Waals surface area contributed by atoms with Crippen molar-refractivity contribution in [2.45, 2.75) is 20.0 Å².